The predicted octanol–water partition coefficient (Wildman–Crippen LogP) is -1.30. The number of phenols is 1. The molecule has 2 rings (SSSR count). The van der Waals surface area contributed by atoms with E-state index in [0.717, 1.165) is 6.26 Å². The second-order valence-electron chi connectivity index (χ2n) is 5.90. The van der Waals surface area contributed by atoms with E-state index in [1.165, 1.54) is 33.5 Å². The van der Waals surface area contributed by atoms with E-state index in [1.54, 1.807) is 0 Å². The Morgan fingerprint density at radius 1 is 1.12 bits per heavy atom. The number of nitrogens with zero attached hydrogens (tertiary/aromatic N) is 2. The Hall–Kier alpha value is -1.73. The topological polar surface area (TPSA) is 144 Å². The van der Waals surface area contributed by atoms with E-state index in [0.29, 0.717) is 0 Å². The van der Waals surface area contributed by atoms with Crippen molar-refractivity contribution >= 4 is 26.0 Å². The second kappa shape index (κ2) is 7.88. The number of sulfonamides is 2. The molecule has 146 valence electrons. The van der Waals surface area contributed by atoms with Crippen LogP contribution in [-0.2, 0) is 24.8 Å². The normalized spacial score (nSPS) is 18.5. The van der Waals surface area contributed by atoms with Crippen molar-refractivity contribution in [2.45, 2.75) is 10.9 Å². The zero-order valence-electron chi connectivity index (χ0n) is 14.1. The number of rotatable bonds is 7. The highest BCUT2D eigenvalue weighted by molar-refractivity contribution is 7.89. The SMILES string of the molecule is CS(=O)(=O)N1CCN([C@@H](CNS(=O)(=O)c2ccc(O)cc2)C(=O)O)CC1. The van der Waals surface area contributed by atoms with Crippen LogP contribution in [0.25, 0.3) is 0 Å². The van der Waals surface area contributed by atoms with Crippen molar-refractivity contribution < 1.29 is 31.8 Å². The van der Waals surface area contributed by atoms with Crippen molar-refractivity contribution in [1.82, 2.24) is 13.9 Å². The Bertz CT molecular complexity index is 845. The Morgan fingerprint density at radius 2 is 1.65 bits per heavy atom. The molecule has 0 amide bonds. The van der Waals surface area contributed by atoms with Crippen molar-refractivity contribution in [3.8, 4) is 5.75 Å². The van der Waals surface area contributed by atoms with Gasteiger partial charge in [0.25, 0.3) is 0 Å². The molecule has 10 nitrogen and oxygen atoms in total. The highest BCUT2D eigenvalue weighted by Gasteiger charge is 2.32. The predicted molar refractivity (Wildman–Crippen MR) is 92.7 cm³/mol. The summed E-state index contributed by atoms with van der Waals surface area (Å²) in [5.74, 6) is -1.29. The molecule has 1 atom stereocenters. The number of carboxylic acid groups (broad SMARTS) is 1. The summed E-state index contributed by atoms with van der Waals surface area (Å²) in [6.45, 7) is 0.300. The summed E-state index contributed by atoms with van der Waals surface area (Å²) in [5.41, 5.74) is 0. The molecular formula is C14H21N3O7S2. The maximum Gasteiger partial charge on any atom is 0.322 e. The number of carboxylic acids is 1. The third-order valence-corrected chi connectivity index (χ3v) is 6.82. The molecule has 1 saturated heterocycles. The molecule has 26 heavy (non-hydrogen) atoms. The average molecular weight is 407 g/mol. The average Bonchev–Trinajstić information content (AvgIpc) is 2.54. The van der Waals surface area contributed by atoms with Gasteiger partial charge in [0.1, 0.15) is 11.8 Å². The van der Waals surface area contributed by atoms with Gasteiger partial charge in [-0.3, -0.25) is 9.69 Å². The monoisotopic (exact) mass is 407 g/mol. The third-order valence-electron chi connectivity index (χ3n) is 4.08. The van der Waals surface area contributed by atoms with Crippen LogP contribution in [0, 0.1) is 0 Å². The fraction of sp³-hybridized carbons (Fsp3) is 0.500. The molecule has 0 bridgehead atoms. The van der Waals surface area contributed by atoms with Crippen molar-refractivity contribution in [1.29, 1.82) is 0 Å². The molecule has 0 radical (unpaired) electrons. The first kappa shape index (κ1) is 20.6. The van der Waals surface area contributed by atoms with Crippen LogP contribution in [0.1, 0.15) is 0 Å². The minimum Gasteiger partial charge on any atom is -0.508 e. The first-order valence-electron chi connectivity index (χ1n) is 7.71. The third kappa shape index (κ3) is 5.14. The van der Waals surface area contributed by atoms with Gasteiger partial charge in [-0.1, -0.05) is 0 Å². The Balaban J connectivity index is 2.03. The molecule has 1 aromatic rings. The van der Waals surface area contributed by atoms with E-state index >= 15 is 0 Å². The van der Waals surface area contributed by atoms with Gasteiger partial charge >= 0.3 is 5.97 Å². The van der Waals surface area contributed by atoms with E-state index in [2.05, 4.69) is 4.72 Å². The number of nitrogens with one attached hydrogen (secondary N) is 1. The van der Waals surface area contributed by atoms with Gasteiger partial charge in [-0.25, -0.2) is 21.6 Å². The summed E-state index contributed by atoms with van der Waals surface area (Å²) in [7, 11) is -7.28. The largest absolute Gasteiger partial charge is 0.508 e. The van der Waals surface area contributed by atoms with Crippen LogP contribution in [0.15, 0.2) is 29.2 Å². The van der Waals surface area contributed by atoms with E-state index < -0.39 is 32.1 Å². The zero-order chi connectivity index (χ0) is 19.5. The van der Waals surface area contributed by atoms with E-state index in [4.69, 9.17) is 0 Å². The van der Waals surface area contributed by atoms with Gasteiger partial charge in [-0.2, -0.15) is 4.31 Å². The highest BCUT2D eigenvalue weighted by Crippen LogP contribution is 2.15. The lowest BCUT2D eigenvalue weighted by Crippen LogP contribution is -2.56. The van der Waals surface area contributed by atoms with Crippen LogP contribution in [0.2, 0.25) is 0 Å². The molecule has 1 aromatic carbocycles. The van der Waals surface area contributed by atoms with Gasteiger partial charge in [-0.05, 0) is 24.3 Å². The van der Waals surface area contributed by atoms with Crippen molar-refractivity contribution in [2.75, 3.05) is 39.0 Å². The summed E-state index contributed by atoms with van der Waals surface area (Å²) in [4.78, 5) is 13.0. The van der Waals surface area contributed by atoms with Crippen LogP contribution in [0.4, 0.5) is 0 Å². The van der Waals surface area contributed by atoms with Gasteiger partial charge in [0.2, 0.25) is 20.0 Å². The van der Waals surface area contributed by atoms with Gasteiger partial charge < -0.3 is 10.2 Å². The van der Waals surface area contributed by atoms with Crippen molar-refractivity contribution in [2.24, 2.45) is 0 Å². The standard InChI is InChI=1S/C14H21N3O7S2/c1-25(21,22)17-8-6-16(7-9-17)13(14(19)20)10-15-26(23,24)12-4-2-11(18)3-5-12/h2-5,13,15,18H,6-10H2,1H3,(H,19,20)/t13-/m0/s1. The molecular weight excluding hydrogens is 386 g/mol. The van der Waals surface area contributed by atoms with Gasteiger partial charge in [0, 0.05) is 32.7 Å². The van der Waals surface area contributed by atoms with Crippen LogP contribution in [0.3, 0.4) is 0 Å². The first-order valence-corrected chi connectivity index (χ1v) is 11.0. The number of phenolic OH excluding ortho intramolecular Hbond substituents is 1. The minimum absolute atomic E-state index is 0.0869. The van der Waals surface area contributed by atoms with Gasteiger partial charge in [0.15, 0.2) is 0 Å². The fourth-order valence-electron chi connectivity index (χ4n) is 2.62. The molecule has 0 unspecified atom stereocenters. The smallest absolute Gasteiger partial charge is 0.322 e. The van der Waals surface area contributed by atoms with Crippen LogP contribution in [0.5, 0.6) is 5.75 Å². The Labute approximate surface area is 152 Å². The first-order chi connectivity index (χ1) is 12.0. The van der Waals surface area contributed by atoms with Crippen molar-refractivity contribution in [3.05, 3.63) is 24.3 Å². The number of benzene rings is 1. The van der Waals surface area contributed by atoms with E-state index in [9.17, 15) is 31.8 Å². The highest BCUT2D eigenvalue weighted by atomic mass is 32.2. The zero-order valence-corrected chi connectivity index (χ0v) is 15.7. The number of piperazine rings is 1. The summed E-state index contributed by atoms with van der Waals surface area (Å²) < 4.78 is 51.0. The molecule has 0 saturated carbocycles. The maximum absolute atomic E-state index is 12.2. The molecule has 12 heteroatoms. The second-order valence-corrected chi connectivity index (χ2v) is 9.65. The van der Waals surface area contributed by atoms with Gasteiger partial charge in [-0.15, -0.1) is 0 Å². The molecule has 0 aliphatic carbocycles. The molecule has 1 aliphatic rings. The lowest BCUT2D eigenvalue weighted by atomic mass is 10.2. The Morgan fingerprint density at radius 3 is 2.12 bits per heavy atom. The van der Waals surface area contributed by atoms with E-state index in [-0.39, 0.29) is 43.4 Å². The number of aliphatic carboxylic acids is 1. The lowest BCUT2D eigenvalue weighted by Gasteiger charge is -2.36. The molecule has 1 aliphatic heterocycles. The molecule has 3 N–H and O–H groups in total. The maximum atomic E-state index is 12.2. The number of hydrogen-bond acceptors (Lipinski definition) is 7. The van der Waals surface area contributed by atoms with Gasteiger partial charge in [0.05, 0.1) is 11.2 Å². The Kier molecular flexibility index (Phi) is 6.24. The van der Waals surface area contributed by atoms with Crippen LogP contribution in [-0.4, -0.2) is 87.2 Å². The van der Waals surface area contributed by atoms with Crippen LogP contribution < -0.4 is 4.72 Å². The summed E-state index contributed by atoms with van der Waals surface area (Å²) >= 11 is 0. The molecule has 0 spiro atoms. The molecule has 1 heterocycles. The molecule has 1 fully saturated rings. The summed E-state index contributed by atoms with van der Waals surface area (Å²) in [6, 6.07) is 3.72. The summed E-state index contributed by atoms with van der Waals surface area (Å²) in [6.07, 6.45) is 1.09. The number of carbonyl (C=O) groups is 1. The lowest BCUT2D eigenvalue weighted by molar-refractivity contribution is -0.143. The quantitative estimate of drug-likeness (QED) is 0.506. The van der Waals surface area contributed by atoms with Crippen LogP contribution >= 0.6 is 0 Å². The number of hydrogen-bond donors (Lipinski definition) is 3. The number of aromatic hydroxyl groups is 1. The minimum atomic E-state index is -3.94. The van der Waals surface area contributed by atoms with Crippen molar-refractivity contribution in [3.63, 3.8) is 0 Å². The fourth-order valence-corrected chi connectivity index (χ4v) is 4.48. The summed E-state index contributed by atoms with van der Waals surface area (Å²) in [5, 5.41) is 18.6. The van der Waals surface area contributed by atoms with E-state index in [1.807, 2.05) is 0 Å². The molecule has 0 aromatic heterocycles.